The van der Waals surface area contributed by atoms with Crippen molar-refractivity contribution in [2.75, 3.05) is 6.61 Å². The highest BCUT2D eigenvalue weighted by Gasteiger charge is 2.47. The second kappa shape index (κ2) is 10.6. The fourth-order valence-corrected chi connectivity index (χ4v) is 5.57. The quantitative estimate of drug-likeness (QED) is 0.167. The number of aryl methyl sites for hydroxylation is 1. The minimum absolute atomic E-state index is 0.152. The van der Waals surface area contributed by atoms with Gasteiger partial charge in [-0.3, -0.25) is 23.4 Å². The van der Waals surface area contributed by atoms with Crippen LogP contribution in [0.1, 0.15) is 25.1 Å². The lowest BCUT2D eigenvalue weighted by atomic mass is 10.0. The van der Waals surface area contributed by atoms with Gasteiger partial charge in [-0.2, -0.15) is 4.31 Å². The standard InChI is InChI=1S/C16H26N2O15P2/c1-6-4-18(16(24)17-14(6)23)10-3-8(19)9(31-10)5-29-34(25,26)33-35(27,28)32-15-13(22)12(21)11(20)7(2)30-15/h4,7-13,15,19-22H,3,5H2,1-2H3,(H,25,26)(H,27,28)(H,17,23,24)/t7-,8-,9+,10+,11+,12+,13-,15+/m0/s1. The van der Waals surface area contributed by atoms with Crippen molar-refractivity contribution in [3.05, 3.63) is 32.6 Å². The average Bonchev–Trinajstić information content (AvgIpc) is 3.11. The van der Waals surface area contributed by atoms with E-state index in [-0.39, 0.29) is 12.0 Å². The summed E-state index contributed by atoms with van der Waals surface area (Å²) in [6, 6.07) is 0. The van der Waals surface area contributed by atoms with E-state index >= 15 is 0 Å². The summed E-state index contributed by atoms with van der Waals surface area (Å²) in [7, 11) is -10.8. The van der Waals surface area contributed by atoms with Gasteiger partial charge in [-0.1, -0.05) is 0 Å². The molecule has 2 saturated heterocycles. The summed E-state index contributed by atoms with van der Waals surface area (Å²) in [5.74, 6) is 0. The largest absolute Gasteiger partial charge is 0.483 e. The Balaban J connectivity index is 1.59. The van der Waals surface area contributed by atoms with Crippen LogP contribution in [0, 0.1) is 6.92 Å². The molecular formula is C16H26N2O15P2. The SMILES string of the molecule is Cc1cn([C@H]2C[C@H](O)[C@@H](COP(=O)(O)OP(=O)(O)O[C@H]3O[C@@H](C)[C@@H](O)[C@@H](O)[C@@H]3O)O2)c(=O)[nH]c1=O. The van der Waals surface area contributed by atoms with Crippen LogP contribution in [0.2, 0.25) is 0 Å². The van der Waals surface area contributed by atoms with E-state index in [2.05, 4.69) is 18.3 Å². The molecule has 1 aromatic rings. The molecule has 19 heteroatoms. The lowest BCUT2D eigenvalue weighted by Gasteiger charge is -2.38. The molecule has 17 nitrogen and oxygen atoms in total. The molecule has 2 fully saturated rings. The third-order valence-electron chi connectivity index (χ3n) is 5.31. The van der Waals surface area contributed by atoms with E-state index in [1.807, 2.05) is 0 Å². The van der Waals surface area contributed by atoms with Gasteiger partial charge >= 0.3 is 21.3 Å². The first kappa shape index (κ1) is 28.3. The first-order chi connectivity index (χ1) is 16.1. The first-order valence-corrected chi connectivity index (χ1v) is 13.1. The zero-order valence-electron chi connectivity index (χ0n) is 18.3. The Labute approximate surface area is 196 Å². The average molecular weight is 548 g/mol. The van der Waals surface area contributed by atoms with Crippen molar-refractivity contribution in [1.29, 1.82) is 0 Å². The molecule has 0 amide bonds. The van der Waals surface area contributed by atoms with Gasteiger partial charge in [0.05, 0.1) is 18.8 Å². The Morgan fingerprint density at radius 2 is 1.74 bits per heavy atom. The van der Waals surface area contributed by atoms with Crippen molar-refractivity contribution in [3.63, 3.8) is 0 Å². The van der Waals surface area contributed by atoms with E-state index < -0.39 is 82.6 Å². The second-order valence-corrected chi connectivity index (χ2v) is 11.0. The van der Waals surface area contributed by atoms with Crippen LogP contribution in [0.5, 0.6) is 0 Å². The van der Waals surface area contributed by atoms with Gasteiger partial charge in [0.2, 0.25) is 0 Å². The maximum Gasteiger partial charge on any atom is 0.483 e. The molecule has 10 atom stereocenters. The van der Waals surface area contributed by atoms with Gasteiger partial charge in [0, 0.05) is 18.2 Å². The van der Waals surface area contributed by atoms with Crippen molar-refractivity contribution in [1.82, 2.24) is 9.55 Å². The highest BCUT2D eigenvalue weighted by Crippen LogP contribution is 2.61. The Hall–Kier alpha value is -1.30. The van der Waals surface area contributed by atoms with Crippen molar-refractivity contribution in [3.8, 4) is 0 Å². The normalized spacial score (nSPS) is 37.0. The minimum atomic E-state index is -5.44. The van der Waals surface area contributed by atoms with Gasteiger partial charge in [0.1, 0.15) is 30.6 Å². The Kier molecular flexibility index (Phi) is 8.56. The molecule has 200 valence electrons. The molecule has 0 aromatic carbocycles. The summed E-state index contributed by atoms with van der Waals surface area (Å²) in [5.41, 5.74) is -1.23. The molecule has 2 aliphatic heterocycles. The molecule has 3 rings (SSSR count). The summed E-state index contributed by atoms with van der Waals surface area (Å²) < 4.78 is 49.0. The number of rotatable bonds is 8. The minimum Gasteiger partial charge on any atom is -0.390 e. The number of phosphoric ester groups is 2. The predicted octanol–water partition coefficient (Wildman–Crippen LogP) is -2.43. The summed E-state index contributed by atoms with van der Waals surface area (Å²) in [6.45, 7) is 1.88. The lowest BCUT2D eigenvalue weighted by molar-refractivity contribution is -0.271. The van der Waals surface area contributed by atoms with Crippen molar-refractivity contribution < 1.29 is 62.2 Å². The Bertz CT molecular complexity index is 1120. The van der Waals surface area contributed by atoms with E-state index in [1.54, 1.807) is 0 Å². The number of phosphoric acid groups is 2. The molecule has 35 heavy (non-hydrogen) atoms. The van der Waals surface area contributed by atoms with Gasteiger partial charge in [0.25, 0.3) is 5.56 Å². The Morgan fingerprint density at radius 1 is 1.09 bits per heavy atom. The highest BCUT2D eigenvalue weighted by atomic mass is 31.3. The molecule has 0 spiro atoms. The summed E-state index contributed by atoms with van der Waals surface area (Å²) in [6.07, 6.45) is -11.0. The Morgan fingerprint density at radius 3 is 2.40 bits per heavy atom. The van der Waals surface area contributed by atoms with E-state index in [1.165, 1.54) is 20.0 Å². The van der Waals surface area contributed by atoms with Crippen LogP contribution >= 0.6 is 15.6 Å². The van der Waals surface area contributed by atoms with Gasteiger partial charge < -0.3 is 39.7 Å². The molecule has 0 bridgehead atoms. The summed E-state index contributed by atoms with van der Waals surface area (Å²) >= 11 is 0. The van der Waals surface area contributed by atoms with E-state index in [9.17, 15) is 48.9 Å². The number of H-pyrrole nitrogens is 1. The van der Waals surface area contributed by atoms with Crippen LogP contribution < -0.4 is 11.2 Å². The number of nitrogens with one attached hydrogen (secondary N) is 1. The fraction of sp³-hybridized carbons (Fsp3) is 0.750. The third kappa shape index (κ3) is 6.72. The van der Waals surface area contributed by atoms with Crippen LogP contribution in [0.15, 0.2) is 15.8 Å². The summed E-state index contributed by atoms with van der Waals surface area (Å²) in [5, 5.41) is 39.3. The van der Waals surface area contributed by atoms with E-state index in [4.69, 9.17) is 9.47 Å². The molecule has 2 unspecified atom stereocenters. The molecule has 7 N–H and O–H groups in total. The predicted molar refractivity (Wildman–Crippen MR) is 111 cm³/mol. The number of aliphatic hydroxyl groups is 4. The van der Waals surface area contributed by atoms with Gasteiger partial charge in [-0.25, -0.2) is 13.9 Å². The molecule has 3 heterocycles. The second-order valence-electron chi connectivity index (χ2n) is 8.01. The van der Waals surface area contributed by atoms with Gasteiger partial charge in [-0.05, 0) is 13.8 Å². The number of ether oxygens (including phenoxy) is 2. The molecule has 1 aromatic heterocycles. The number of nitrogens with zero attached hydrogens (tertiary/aromatic N) is 1. The number of hydrogen-bond acceptors (Lipinski definition) is 13. The topological polar surface area (TPSA) is 257 Å². The molecule has 2 aliphatic rings. The molecule has 0 aliphatic carbocycles. The number of aromatic nitrogens is 2. The first-order valence-electron chi connectivity index (χ1n) is 10.2. The van der Waals surface area contributed by atoms with Gasteiger partial charge in [0.15, 0.2) is 6.29 Å². The smallest absolute Gasteiger partial charge is 0.390 e. The van der Waals surface area contributed by atoms with Crippen molar-refractivity contribution in [2.24, 2.45) is 0 Å². The monoisotopic (exact) mass is 548 g/mol. The number of aliphatic hydroxyl groups excluding tert-OH is 4. The lowest BCUT2D eigenvalue weighted by Crippen LogP contribution is -2.57. The molecule has 0 saturated carbocycles. The van der Waals surface area contributed by atoms with Crippen LogP contribution in [0.25, 0.3) is 0 Å². The van der Waals surface area contributed by atoms with Crippen LogP contribution in [0.4, 0.5) is 0 Å². The molecular weight excluding hydrogens is 522 g/mol. The fourth-order valence-electron chi connectivity index (χ4n) is 3.41. The van der Waals surface area contributed by atoms with Crippen LogP contribution in [-0.2, 0) is 32.0 Å². The van der Waals surface area contributed by atoms with E-state index in [0.29, 0.717) is 0 Å². The van der Waals surface area contributed by atoms with Crippen molar-refractivity contribution in [2.45, 2.75) is 69.4 Å². The highest BCUT2D eigenvalue weighted by molar-refractivity contribution is 7.61. The molecule has 0 radical (unpaired) electrons. The zero-order valence-corrected chi connectivity index (χ0v) is 20.1. The zero-order chi connectivity index (χ0) is 26.3. The van der Waals surface area contributed by atoms with Crippen molar-refractivity contribution >= 4 is 15.6 Å². The van der Waals surface area contributed by atoms with Gasteiger partial charge in [-0.15, -0.1) is 0 Å². The number of aromatic amines is 1. The van der Waals surface area contributed by atoms with Crippen LogP contribution in [-0.4, -0.2) is 89.3 Å². The number of hydrogen-bond donors (Lipinski definition) is 7. The van der Waals surface area contributed by atoms with E-state index in [0.717, 1.165) is 4.57 Å². The summed E-state index contributed by atoms with van der Waals surface area (Å²) in [4.78, 5) is 45.2. The van der Waals surface area contributed by atoms with Crippen LogP contribution in [0.3, 0.4) is 0 Å². The maximum absolute atomic E-state index is 12.2. The maximum atomic E-state index is 12.2. The third-order valence-corrected chi connectivity index (χ3v) is 7.91.